The number of ether oxygens (including phenoxy) is 5. The Labute approximate surface area is 194 Å². The number of allylic oxidation sites excluding steroid dienone is 2. The predicted octanol–water partition coefficient (Wildman–Crippen LogP) is 5.64. The third-order valence-electron chi connectivity index (χ3n) is 4.37. The van der Waals surface area contributed by atoms with Gasteiger partial charge in [-0.05, 0) is 36.1 Å². The zero-order valence-electron chi connectivity index (χ0n) is 19.3. The second kappa shape index (κ2) is 17.8. The summed E-state index contributed by atoms with van der Waals surface area (Å²) in [7, 11) is 0. The van der Waals surface area contributed by atoms with Crippen LogP contribution in [0.4, 0.5) is 0 Å². The summed E-state index contributed by atoms with van der Waals surface area (Å²) in [6.07, 6.45) is 6.59. The Morgan fingerprint density at radius 3 is 2.03 bits per heavy atom. The monoisotopic (exact) mass is 455 g/mol. The molecule has 0 spiro atoms. The number of hydrogen-bond donors (Lipinski definition) is 0. The first-order valence-corrected chi connectivity index (χ1v) is 12.1. The van der Waals surface area contributed by atoms with Crippen molar-refractivity contribution in [3.63, 3.8) is 0 Å². The molecular weight excluding hydrogens is 416 g/mol. The largest absolute Gasteiger partial charge is 0.454 e. The minimum absolute atomic E-state index is 0.305. The van der Waals surface area contributed by atoms with Crippen molar-refractivity contribution in [3.05, 3.63) is 34.9 Å². The molecule has 1 aliphatic heterocycles. The first kappa shape index (κ1) is 27.2. The van der Waals surface area contributed by atoms with E-state index >= 15 is 0 Å². The van der Waals surface area contributed by atoms with E-state index in [9.17, 15) is 0 Å². The van der Waals surface area contributed by atoms with Crippen LogP contribution in [0.3, 0.4) is 0 Å². The molecule has 2 rings (SSSR count). The number of unbranched alkanes of at least 4 members (excludes halogenated alkanes) is 1. The van der Waals surface area contributed by atoms with Gasteiger partial charge in [-0.1, -0.05) is 26.7 Å². The fourth-order valence-corrected chi connectivity index (χ4v) is 3.37. The van der Waals surface area contributed by atoms with Crippen LogP contribution in [0, 0.1) is 0 Å². The molecule has 0 aliphatic carbocycles. The second-order valence-corrected chi connectivity index (χ2v) is 7.98. The number of benzene rings is 1. The Kier molecular flexibility index (Phi) is 16.1. The third-order valence-corrected chi connectivity index (χ3v) is 4.69. The Morgan fingerprint density at radius 1 is 0.900 bits per heavy atom. The molecule has 169 valence electrons. The van der Waals surface area contributed by atoms with Gasteiger partial charge in [0.1, 0.15) is 0 Å². The van der Waals surface area contributed by atoms with E-state index in [-0.39, 0.29) is 0 Å². The summed E-state index contributed by atoms with van der Waals surface area (Å²) in [4.78, 5) is 0. The summed E-state index contributed by atoms with van der Waals surface area (Å²) in [5, 5.41) is 0. The quantitative estimate of drug-likeness (QED) is 0.207. The molecule has 0 saturated carbocycles. The molecule has 0 saturated heterocycles. The van der Waals surface area contributed by atoms with Crippen LogP contribution in [0.5, 0.6) is 11.5 Å². The van der Waals surface area contributed by atoms with Crippen molar-refractivity contribution < 1.29 is 44.1 Å². The smallest absolute Gasteiger partial charge is 0.231 e. The van der Waals surface area contributed by atoms with Gasteiger partial charge < -0.3 is 23.7 Å². The molecule has 0 bridgehead atoms. The number of hydrogen-bond acceptors (Lipinski definition) is 5. The molecule has 0 radical (unpaired) electrons. The zero-order valence-corrected chi connectivity index (χ0v) is 20.8. The van der Waals surface area contributed by atoms with Gasteiger partial charge in [-0.3, -0.25) is 0 Å². The van der Waals surface area contributed by atoms with E-state index in [1.165, 1.54) is 21.4 Å². The topological polar surface area (TPSA) is 46.2 Å². The van der Waals surface area contributed by atoms with E-state index in [0.717, 1.165) is 43.8 Å². The molecule has 0 aromatic heterocycles. The molecule has 0 fully saturated rings. The van der Waals surface area contributed by atoms with Crippen LogP contribution in [-0.2, 0) is 47.7 Å². The van der Waals surface area contributed by atoms with Gasteiger partial charge in [0.25, 0.3) is 0 Å². The average molecular weight is 455 g/mol. The van der Waals surface area contributed by atoms with Crippen LogP contribution in [0.15, 0.2) is 23.8 Å². The molecule has 1 aromatic rings. The molecule has 0 unspecified atom stereocenters. The second-order valence-electron chi connectivity index (χ2n) is 7.34. The van der Waals surface area contributed by atoms with Gasteiger partial charge in [0.15, 0.2) is 11.5 Å². The Bertz CT molecular complexity index is 600. The van der Waals surface area contributed by atoms with E-state index in [0.29, 0.717) is 39.8 Å². The molecule has 0 atom stereocenters. The Morgan fingerprint density at radius 2 is 1.50 bits per heavy atom. The van der Waals surface area contributed by atoms with Crippen LogP contribution in [0.2, 0.25) is 4.73 Å². The zero-order chi connectivity index (χ0) is 22.0. The summed E-state index contributed by atoms with van der Waals surface area (Å²) >= 11 is 2.15. The molecule has 30 heavy (non-hydrogen) atoms. The van der Waals surface area contributed by atoms with E-state index in [4.69, 9.17) is 23.7 Å². The first-order chi connectivity index (χ1) is 14.6. The van der Waals surface area contributed by atoms with Gasteiger partial charge in [0.05, 0.1) is 33.0 Å². The van der Waals surface area contributed by atoms with Crippen molar-refractivity contribution in [2.75, 3.05) is 39.8 Å². The molecule has 1 aromatic carbocycles. The summed E-state index contributed by atoms with van der Waals surface area (Å²) in [6.45, 7) is 12.7. The van der Waals surface area contributed by atoms with E-state index in [1.54, 1.807) is 0 Å². The SMILES string of the molecule is CC(C)=C[CH2][Ti].CCCCOCCOCCOCc1cc2c(cc1CCC)OCO2. The average Bonchev–Trinajstić information content (AvgIpc) is 3.17. The van der Waals surface area contributed by atoms with Crippen LogP contribution in [-0.4, -0.2) is 39.8 Å². The van der Waals surface area contributed by atoms with Crippen LogP contribution >= 0.6 is 0 Å². The minimum atomic E-state index is 0.305. The van der Waals surface area contributed by atoms with Gasteiger partial charge in [-0.25, -0.2) is 0 Å². The van der Waals surface area contributed by atoms with Gasteiger partial charge >= 0.3 is 50.7 Å². The van der Waals surface area contributed by atoms with E-state index < -0.39 is 0 Å². The Hall–Kier alpha value is -0.846. The third kappa shape index (κ3) is 12.1. The molecule has 5 nitrogen and oxygen atoms in total. The van der Waals surface area contributed by atoms with Gasteiger partial charge in [0, 0.05) is 6.61 Å². The molecular formula is C24H39O5Ti. The number of rotatable bonds is 14. The first-order valence-electron chi connectivity index (χ1n) is 11.0. The van der Waals surface area contributed by atoms with Crippen molar-refractivity contribution in [1.82, 2.24) is 0 Å². The number of aryl methyl sites for hydroxylation is 1. The molecule has 6 heteroatoms. The van der Waals surface area contributed by atoms with Crippen molar-refractivity contribution in [3.8, 4) is 11.5 Å². The fraction of sp³-hybridized carbons (Fsp3) is 0.667. The Balaban J connectivity index is 0.000000656. The van der Waals surface area contributed by atoms with E-state index in [1.807, 2.05) is 6.07 Å². The molecule has 0 N–H and O–H groups in total. The van der Waals surface area contributed by atoms with Gasteiger partial charge in [0.2, 0.25) is 6.79 Å². The summed E-state index contributed by atoms with van der Waals surface area (Å²) in [5.41, 5.74) is 3.86. The maximum Gasteiger partial charge on any atom is 0.231 e. The molecule has 1 aliphatic rings. The summed E-state index contributed by atoms with van der Waals surface area (Å²) < 4.78 is 28.8. The number of fused-ring (bicyclic) bond motifs is 1. The van der Waals surface area contributed by atoms with Crippen LogP contribution < -0.4 is 9.47 Å². The maximum absolute atomic E-state index is 5.75. The van der Waals surface area contributed by atoms with Crippen LogP contribution in [0.25, 0.3) is 0 Å². The van der Waals surface area contributed by atoms with Crippen molar-refractivity contribution in [2.45, 2.75) is 64.7 Å². The predicted molar refractivity (Wildman–Crippen MR) is 117 cm³/mol. The van der Waals surface area contributed by atoms with Gasteiger partial charge in [-0.2, -0.15) is 0 Å². The molecule has 1 heterocycles. The molecule has 0 amide bonds. The van der Waals surface area contributed by atoms with Crippen molar-refractivity contribution >= 4 is 0 Å². The fourth-order valence-electron chi connectivity index (χ4n) is 2.74. The van der Waals surface area contributed by atoms with Crippen molar-refractivity contribution in [1.29, 1.82) is 0 Å². The summed E-state index contributed by atoms with van der Waals surface area (Å²) in [5.74, 6) is 1.66. The van der Waals surface area contributed by atoms with Gasteiger partial charge in [-0.15, -0.1) is 0 Å². The standard InChI is InChI=1S/C19H30O5.C5H9.Ti/c1-3-5-7-20-8-9-21-10-11-22-14-17-13-19-18(23-15-24-19)12-16(17)6-4-2;1-4-5(2)3;/h12-13H,3-11,14-15H2,1-2H3;4H,1H2,2-3H3;. The summed E-state index contributed by atoms with van der Waals surface area (Å²) in [6, 6.07) is 4.12. The van der Waals surface area contributed by atoms with Crippen molar-refractivity contribution in [2.24, 2.45) is 0 Å². The van der Waals surface area contributed by atoms with E-state index in [2.05, 4.69) is 60.3 Å². The minimum Gasteiger partial charge on any atom is -0.454 e. The maximum atomic E-state index is 5.75. The normalized spacial score (nSPS) is 11.7. The van der Waals surface area contributed by atoms with Crippen LogP contribution in [0.1, 0.15) is 58.1 Å².